The fourth-order valence-electron chi connectivity index (χ4n) is 2.99. The highest BCUT2D eigenvalue weighted by Crippen LogP contribution is 2.20. The van der Waals surface area contributed by atoms with Crippen LogP contribution in [-0.2, 0) is 16.1 Å². The van der Waals surface area contributed by atoms with Crippen LogP contribution in [0.2, 0.25) is 0 Å². The van der Waals surface area contributed by atoms with Gasteiger partial charge in [0.05, 0.1) is 29.7 Å². The third-order valence-corrected chi connectivity index (χ3v) is 5.43. The molecular formula is C20H16FN3O4S. The lowest BCUT2D eigenvalue weighted by molar-refractivity contribution is -0.125. The van der Waals surface area contributed by atoms with Crippen LogP contribution in [0.25, 0.3) is 10.9 Å². The summed E-state index contributed by atoms with van der Waals surface area (Å²) in [6, 6.07) is 12.8. The molecular weight excluding hydrogens is 397 g/mol. The number of halogens is 1. The lowest BCUT2D eigenvalue weighted by atomic mass is 10.2. The minimum absolute atomic E-state index is 0.0662. The van der Waals surface area contributed by atoms with Crippen molar-refractivity contribution < 1.29 is 18.7 Å². The number of cyclic esters (lactones) is 1. The molecule has 0 unspecified atom stereocenters. The average Bonchev–Trinajstić information content (AvgIpc) is 3.16. The van der Waals surface area contributed by atoms with Gasteiger partial charge in [-0.05, 0) is 29.8 Å². The van der Waals surface area contributed by atoms with Gasteiger partial charge < -0.3 is 4.74 Å². The highest BCUT2D eigenvalue weighted by atomic mass is 32.2. The number of carbonyl (C=O) groups is 2. The number of imide groups is 1. The lowest BCUT2D eigenvalue weighted by Crippen LogP contribution is -2.33. The molecule has 1 saturated heterocycles. The number of hydrogen-bond donors (Lipinski definition) is 0. The standard InChI is InChI=1S/C20H16FN3O4S/c21-14-7-5-13(6-8-14)11-24-18(26)15-3-1-2-4-16(15)22-19(24)29-12-17(25)23-9-10-28-20(23)27/h1-8H,9-12H2. The highest BCUT2D eigenvalue weighted by molar-refractivity contribution is 7.99. The van der Waals surface area contributed by atoms with Gasteiger partial charge in [-0.3, -0.25) is 14.2 Å². The van der Waals surface area contributed by atoms with Crippen molar-refractivity contribution in [2.45, 2.75) is 11.7 Å². The van der Waals surface area contributed by atoms with Crippen molar-refractivity contribution in [3.63, 3.8) is 0 Å². The Labute approximate surface area is 169 Å². The zero-order valence-corrected chi connectivity index (χ0v) is 16.0. The van der Waals surface area contributed by atoms with E-state index in [1.807, 2.05) is 0 Å². The number of rotatable bonds is 5. The summed E-state index contributed by atoms with van der Waals surface area (Å²) in [7, 11) is 0. The van der Waals surface area contributed by atoms with E-state index in [1.54, 1.807) is 36.4 Å². The molecule has 2 aromatic carbocycles. The molecule has 29 heavy (non-hydrogen) atoms. The van der Waals surface area contributed by atoms with Gasteiger partial charge in [0.1, 0.15) is 12.4 Å². The third kappa shape index (κ3) is 4.00. The predicted octanol–water partition coefficient (Wildman–Crippen LogP) is 2.65. The monoisotopic (exact) mass is 413 g/mol. The quantitative estimate of drug-likeness (QED) is 0.473. The summed E-state index contributed by atoms with van der Waals surface area (Å²) in [5, 5.41) is 0.798. The molecule has 1 aliphatic heterocycles. The van der Waals surface area contributed by atoms with Crippen molar-refractivity contribution >= 4 is 34.7 Å². The average molecular weight is 413 g/mol. The van der Waals surface area contributed by atoms with Crippen LogP contribution >= 0.6 is 11.8 Å². The molecule has 0 atom stereocenters. The number of aromatic nitrogens is 2. The number of fused-ring (bicyclic) bond motifs is 1. The second-order valence-corrected chi connectivity index (χ2v) is 7.32. The number of thioether (sulfide) groups is 1. The Morgan fingerprint density at radius 1 is 1.14 bits per heavy atom. The molecule has 1 aromatic heterocycles. The Kier molecular flexibility index (Phi) is 5.30. The Morgan fingerprint density at radius 3 is 2.62 bits per heavy atom. The first-order valence-corrected chi connectivity index (χ1v) is 9.85. The first-order valence-electron chi connectivity index (χ1n) is 8.87. The Hall–Kier alpha value is -3.20. The molecule has 4 rings (SSSR count). The van der Waals surface area contributed by atoms with Gasteiger partial charge in [0.15, 0.2) is 5.16 Å². The van der Waals surface area contributed by atoms with E-state index in [-0.39, 0.29) is 36.8 Å². The molecule has 2 amide bonds. The van der Waals surface area contributed by atoms with E-state index in [1.165, 1.54) is 16.7 Å². The zero-order valence-electron chi connectivity index (χ0n) is 15.2. The van der Waals surface area contributed by atoms with Gasteiger partial charge in [0.25, 0.3) is 5.56 Å². The molecule has 3 aromatic rings. The van der Waals surface area contributed by atoms with E-state index in [4.69, 9.17) is 4.74 Å². The molecule has 1 fully saturated rings. The normalized spacial score (nSPS) is 13.7. The number of nitrogens with zero attached hydrogens (tertiary/aromatic N) is 3. The Balaban J connectivity index is 1.67. The Morgan fingerprint density at radius 2 is 1.90 bits per heavy atom. The van der Waals surface area contributed by atoms with E-state index in [9.17, 15) is 18.8 Å². The van der Waals surface area contributed by atoms with Crippen LogP contribution in [0.4, 0.5) is 9.18 Å². The van der Waals surface area contributed by atoms with Gasteiger partial charge in [0, 0.05) is 0 Å². The van der Waals surface area contributed by atoms with E-state index >= 15 is 0 Å². The molecule has 0 aliphatic carbocycles. The largest absolute Gasteiger partial charge is 0.447 e. The number of benzene rings is 2. The van der Waals surface area contributed by atoms with Crippen molar-refractivity contribution in [2.24, 2.45) is 0 Å². The maximum Gasteiger partial charge on any atom is 0.416 e. The van der Waals surface area contributed by atoms with E-state index < -0.39 is 12.0 Å². The summed E-state index contributed by atoms with van der Waals surface area (Å²) in [5.74, 6) is -0.841. The van der Waals surface area contributed by atoms with Crippen LogP contribution in [0.1, 0.15) is 5.56 Å². The van der Waals surface area contributed by atoms with Crippen LogP contribution in [-0.4, -0.2) is 45.4 Å². The van der Waals surface area contributed by atoms with E-state index in [0.717, 1.165) is 22.2 Å². The zero-order chi connectivity index (χ0) is 20.4. The summed E-state index contributed by atoms with van der Waals surface area (Å²) >= 11 is 1.07. The first kappa shape index (κ1) is 19.1. The SMILES string of the molecule is O=C(CSc1nc2ccccc2c(=O)n1Cc1ccc(F)cc1)N1CCOC1=O. The van der Waals surface area contributed by atoms with Crippen LogP contribution in [0.3, 0.4) is 0 Å². The van der Waals surface area contributed by atoms with Crippen LogP contribution < -0.4 is 5.56 Å². The molecule has 7 nitrogen and oxygen atoms in total. The van der Waals surface area contributed by atoms with Crippen molar-refractivity contribution in [2.75, 3.05) is 18.9 Å². The molecule has 1 aliphatic rings. The number of carbonyl (C=O) groups excluding carboxylic acids is 2. The van der Waals surface area contributed by atoms with Gasteiger partial charge in [0.2, 0.25) is 5.91 Å². The number of para-hydroxylation sites is 1. The van der Waals surface area contributed by atoms with Gasteiger partial charge in [-0.2, -0.15) is 0 Å². The molecule has 148 valence electrons. The summed E-state index contributed by atoms with van der Waals surface area (Å²) < 4.78 is 19.5. The van der Waals surface area contributed by atoms with Gasteiger partial charge in [-0.25, -0.2) is 19.1 Å². The van der Waals surface area contributed by atoms with Gasteiger partial charge >= 0.3 is 6.09 Å². The molecule has 0 radical (unpaired) electrons. The summed E-state index contributed by atoms with van der Waals surface area (Å²) in [4.78, 5) is 42.5. The molecule has 0 N–H and O–H groups in total. The van der Waals surface area contributed by atoms with Crippen molar-refractivity contribution in [1.82, 2.24) is 14.5 Å². The van der Waals surface area contributed by atoms with Gasteiger partial charge in [-0.15, -0.1) is 0 Å². The topological polar surface area (TPSA) is 81.5 Å². The number of hydrogen-bond acceptors (Lipinski definition) is 6. The first-order chi connectivity index (χ1) is 14.0. The van der Waals surface area contributed by atoms with Crippen LogP contribution in [0.15, 0.2) is 58.5 Å². The van der Waals surface area contributed by atoms with Crippen molar-refractivity contribution in [3.05, 3.63) is 70.3 Å². The Bertz CT molecular complexity index is 1150. The van der Waals surface area contributed by atoms with Gasteiger partial charge in [-0.1, -0.05) is 36.0 Å². The molecule has 9 heteroatoms. The highest BCUT2D eigenvalue weighted by Gasteiger charge is 2.28. The fourth-order valence-corrected chi connectivity index (χ4v) is 3.87. The molecule has 0 bridgehead atoms. The molecule has 0 saturated carbocycles. The summed E-state index contributed by atoms with van der Waals surface area (Å²) in [6.45, 7) is 0.573. The van der Waals surface area contributed by atoms with Crippen LogP contribution in [0, 0.1) is 5.82 Å². The molecule has 2 heterocycles. The fraction of sp³-hybridized carbons (Fsp3) is 0.200. The maximum atomic E-state index is 13.2. The minimum Gasteiger partial charge on any atom is -0.447 e. The summed E-state index contributed by atoms with van der Waals surface area (Å²) in [6.07, 6.45) is -0.661. The summed E-state index contributed by atoms with van der Waals surface area (Å²) in [5.41, 5.74) is 0.987. The van der Waals surface area contributed by atoms with Crippen molar-refractivity contribution in [1.29, 1.82) is 0 Å². The van der Waals surface area contributed by atoms with Crippen molar-refractivity contribution in [3.8, 4) is 0 Å². The second-order valence-electron chi connectivity index (χ2n) is 6.38. The number of ether oxygens (including phenoxy) is 1. The minimum atomic E-state index is -0.661. The maximum absolute atomic E-state index is 13.2. The third-order valence-electron chi connectivity index (χ3n) is 4.47. The second kappa shape index (κ2) is 8.04. The number of amides is 2. The van der Waals surface area contributed by atoms with E-state index in [0.29, 0.717) is 16.1 Å². The van der Waals surface area contributed by atoms with Crippen LogP contribution in [0.5, 0.6) is 0 Å². The smallest absolute Gasteiger partial charge is 0.416 e. The lowest BCUT2D eigenvalue weighted by Gasteiger charge is -2.14. The molecule has 0 spiro atoms. The predicted molar refractivity (Wildman–Crippen MR) is 105 cm³/mol. The van der Waals surface area contributed by atoms with E-state index in [2.05, 4.69) is 4.98 Å².